The summed E-state index contributed by atoms with van der Waals surface area (Å²) in [5.74, 6) is 1.25. The van der Waals surface area contributed by atoms with Crippen LogP contribution in [0.5, 0.6) is 0 Å². The van der Waals surface area contributed by atoms with Crippen molar-refractivity contribution in [2.75, 3.05) is 5.75 Å². The van der Waals surface area contributed by atoms with Crippen LogP contribution < -0.4 is 0 Å². The normalized spacial score (nSPS) is 16.5. The smallest absolute Gasteiger partial charge is 0.0543 e. The van der Waals surface area contributed by atoms with E-state index in [9.17, 15) is 0 Å². The molecule has 0 fully saturated rings. The maximum Gasteiger partial charge on any atom is 0.0543 e. The van der Waals surface area contributed by atoms with Gasteiger partial charge in [-0.1, -0.05) is 20.8 Å². The van der Waals surface area contributed by atoms with Crippen LogP contribution in [0.4, 0.5) is 0 Å². The molecule has 0 unspecified atom stereocenters. The lowest BCUT2D eigenvalue weighted by atomic mass is 9.91. The second-order valence-corrected chi connectivity index (χ2v) is 5.98. The van der Waals surface area contributed by atoms with E-state index in [1.807, 2.05) is 11.8 Å². The van der Waals surface area contributed by atoms with Crippen molar-refractivity contribution in [3.63, 3.8) is 0 Å². The molecule has 0 N–H and O–H groups in total. The first-order chi connectivity index (χ1) is 6.57. The average Bonchev–Trinajstić information content (AvgIpc) is 2.16. The van der Waals surface area contributed by atoms with Crippen molar-refractivity contribution in [3.05, 3.63) is 23.5 Å². The van der Waals surface area contributed by atoms with Crippen molar-refractivity contribution in [2.45, 2.75) is 43.9 Å². The monoisotopic (exact) mass is 207 g/mol. The Morgan fingerprint density at radius 2 is 2.07 bits per heavy atom. The Kier molecular flexibility index (Phi) is 2.56. The van der Waals surface area contributed by atoms with Gasteiger partial charge in [0.15, 0.2) is 0 Å². The summed E-state index contributed by atoms with van der Waals surface area (Å²) >= 11 is 1.95. The second-order valence-electron chi connectivity index (χ2n) is 4.84. The van der Waals surface area contributed by atoms with Crippen molar-refractivity contribution in [1.82, 2.24) is 4.98 Å². The Morgan fingerprint density at radius 3 is 2.79 bits per heavy atom. The first-order valence-electron chi connectivity index (χ1n) is 5.20. The van der Waals surface area contributed by atoms with Crippen LogP contribution in [0, 0.1) is 0 Å². The fourth-order valence-corrected chi connectivity index (χ4v) is 2.63. The number of pyridine rings is 1. The van der Waals surface area contributed by atoms with E-state index in [0.717, 1.165) is 6.42 Å². The van der Waals surface area contributed by atoms with Crippen LogP contribution in [0.3, 0.4) is 0 Å². The quantitative estimate of drug-likeness (QED) is 0.646. The van der Waals surface area contributed by atoms with Crippen LogP contribution in [0.2, 0.25) is 0 Å². The third-order valence-electron chi connectivity index (χ3n) is 2.52. The number of hydrogen-bond acceptors (Lipinski definition) is 2. The predicted molar refractivity (Wildman–Crippen MR) is 62.0 cm³/mol. The van der Waals surface area contributed by atoms with Crippen molar-refractivity contribution in [3.8, 4) is 0 Å². The molecule has 1 aromatic rings. The maximum absolute atomic E-state index is 4.76. The molecule has 1 aliphatic heterocycles. The molecule has 0 saturated heterocycles. The van der Waals surface area contributed by atoms with Gasteiger partial charge >= 0.3 is 0 Å². The maximum atomic E-state index is 4.76. The molecule has 2 heteroatoms. The molecule has 1 nitrogen and oxygen atoms in total. The zero-order valence-corrected chi connectivity index (χ0v) is 9.95. The molecule has 76 valence electrons. The summed E-state index contributed by atoms with van der Waals surface area (Å²) in [6, 6.07) is 4.42. The Hall–Kier alpha value is -0.500. The van der Waals surface area contributed by atoms with Gasteiger partial charge in [-0.15, -0.1) is 11.8 Å². The molecule has 14 heavy (non-hydrogen) atoms. The van der Waals surface area contributed by atoms with Gasteiger partial charge in [0.2, 0.25) is 0 Å². The summed E-state index contributed by atoms with van der Waals surface area (Å²) in [5.41, 5.74) is 2.71. The van der Waals surface area contributed by atoms with E-state index in [4.69, 9.17) is 4.98 Å². The summed E-state index contributed by atoms with van der Waals surface area (Å²) in [7, 11) is 0. The van der Waals surface area contributed by atoms with Crippen LogP contribution in [-0.2, 0) is 11.8 Å². The molecule has 0 saturated carbocycles. The highest BCUT2D eigenvalue weighted by Gasteiger charge is 2.18. The number of fused-ring (bicyclic) bond motifs is 1. The zero-order chi connectivity index (χ0) is 10.2. The number of aromatic nitrogens is 1. The van der Waals surface area contributed by atoms with E-state index in [1.165, 1.54) is 28.5 Å². The van der Waals surface area contributed by atoms with Crippen molar-refractivity contribution in [1.29, 1.82) is 0 Å². The first kappa shape index (κ1) is 10.0. The van der Waals surface area contributed by atoms with Gasteiger partial charge in [0, 0.05) is 16.0 Å². The molecule has 0 spiro atoms. The predicted octanol–water partition coefficient (Wildman–Crippen LogP) is 3.42. The van der Waals surface area contributed by atoms with Gasteiger partial charge in [0.05, 0.1) is 5.69 Å². The minimum absolute atomic E-state index is 0.178. The third-order valence-corrected chi connectivity index (χ3v) is 3.69. The highest BCUT2D eigenvalue weighted by Crippen LogP contribution is 2.31. The average molecular weight is 207 g/mol. The van der Waals surface area contributed by atoms with Crippen molar-refractivity contribution < 1.29 is 0 Å². The number of hydrogen-bond donors (Lipinski definition) is 0. The summed E-state index contributed by atoms with van der Waals surface area (Å²) < 4.78 is 0. The molecule has 0 atom stereocenters. The van der Waals surface area contributed by atoms with E-state index in [2.05, 4.69) is 32.9 Å². The molecule has 0 aromatic carbocycles. The van der Waals surface area contributed by atoms with E-state index in [-0.39, 0.29) is 5.41 Å². The molecule has 0 amide bonds. The largest absolute Gasteiger partial charge is 0.256 e. The Bertz CT molecular complexity index is 339. The molecule has 1 aliphatic rings. The van der Waals surface area contributed by atoms with Gasteiger partial charge in [0.1, 0.15) is 0 Å². The summed E-state index contributed by atoms with van der Waals surface area (Å²) in [6.07, 6.45) is 2.44. The first-order valence-corrected chi connectivity index (χ1v) is 6.19. The highest BCUT2D eigenvalue weighted by molar-refractivity contribution is 7.99. The fraction of sp³-hybridized carbons (Fsp3) is 0.583. The fourth-order valence-electron chi connectivity index (χ4n) is 1.64. The van der Waals surface area contributed by atoms with Gasteiger partial charge in [-0.2, -0.15) is 0 Å². The number of nitrogens with zero attached hydrogens (tertiary/aromatic N) is 1. The van der Waals surface area contributed by atoms with Gasteiger partial charge in [-0.25, -0.2) is 0 Å². The third kappa shape index (κ3) is 1.95. The molecular weight excluding hydrogens is 190 g/mol. The zero-order valence-electron chi connectivity index (χ0n) is 9.13. The summed E-state index contributed by atoms with van der Waals surface area (Å²) in [6.45, 7) is 6.66. The molecule has 0 aliphatic carbocycles. The highest BCUT2D eigenvalue weighted by atomic mass is 32.2. The van der Waals surface area contributed by atoms with Crippen molar-refractivity contribution >= 4 is 11.8 Å². The van der Waals surface area contributed by atoms with Crippen molar-refractivity contribution in [2.24, 2.45) is 0 Å². The lowest BCUT2D eigenvalue weighted by Crippen LogP contribution is -2.15. The molecule has 0 radical (unpaired) electrons. The van der Waals surface area contributed by atoms with Crippen LogP contribution in [-0.4, -0.2) is 10.7 Å². The Morgan fingerprint density at radius 1 is 1.29 bits per heavy atom. The van der Waals surface area contributed by atoms with E-state index in [1.54, 1.807) is 0 Å². The van der Waals surface area contributed by atoms with Crippen LogP contribution in [0.1, 0.15) is 38.6 Å². The molecule has 2 heterocycles. The molecule has 0 bridgehead atoms. The van der Waals surface area contributed by atoms with E-state index >= 15 is 0 Å². The number of thioether (sulfide) groups is 1. The molecule has 2 rings (SSSR count). The second kappa shape index (κ2) is 3.58. The van der Waals surface area contributed by atoms with E-state index in [0.29, 0.717) is 0 Å². The topological polar surface area (TPSA) is 12.9 Å². The molecule has 1 aromatic heterocycles. The van der Waals surface area contributed by atoms with Gasteiger partial charge < -0.3 is 0 Å². The standard InChI is InChI=1S/C12H17NS/c1-12(2,3)11-7-6-10-9(13-11)5-4-8-14-10/h6-7H,4-5,8H2,1-3H3. The Labute approximate surface area is 90.3 Å². The van der Waals surface area contributed by atoms with E-state index < -0.39 is 0 Å². The summed E-state index contributed by atoms with van der Waals surface area (Å²) in [5, 5.41) is 0. The molecular formula is C12H17NS. The van der Waals surface area contributed by atoms with Crippen LogP contribution >= 0.6 is 11.8 Å². The summed E-state index contributed by atoms with van der Waals surface area (Å²) in [4.78, 5) is 6.16. The lowest BCUT2D eigenvalue weighted by molar-refractivity contribution is 0.562. The number of rotatable bonds is 0. The Balaban J connectivity index is 2.39. The van der Waals surface area contributed by atoms with Gasteiger partial charge in [-0.3, -0.25) is 4.98 Å². The van der Waals surface area contributed by atoms with Gasteiger partial charge in [0.25, 0.3) is 0 Å². The van der Waals surface area contributed by atoms with Crippen LogP contribution in [0.25, 0.3) is 0 Å². The number of aryl methyl sites for hydroxylation is 1. The van der Waals surface area contributed by atoms with Gasteiger partial charge in [-0.05, 0) is 30.7 Å². The SMILES string of the molecule is CC(C)(C)c1ccc2c(n1)CCCS2. The van der Waals surface area contributed by atoms with Crippen LogP contribution in [0.15, 0.2) is 17.0 Å². The minimum atomic E-state index is 0.178. The minimum Gasteiger partial charge on any atom is -0.256 e. The lowest BCUT2D eigenvalue weighted by Gasteiger charge is -2.21.